The molecule has 3 heteroatoms. The molecule has 0 N–H and O–H groups in total. The Bertz CT molecular complexity index is 3420. The summed E-state index contributed by atoms with van der Waals surface area (Å²) in [5.74, 6) is 0. The summed E-state index contributed by atoms with van der Waals surface area (Å²) < 4.78 is 5.08. The molecule has 2 aromatic heterocycles. The summed E-state index contributed by atoms with van der Waals surface area (Å²) in [6.07, 6.45) is 6.63. The first-order valence-corrected chi connectivity index (χ1v) is 20.6. The zero-order valence-corrected chi connectivity index (χ0v) is 32.0. The number of hydrogen-bond donors (Lipinski definition) is 0. The number of aromatic nitrogens is 1. The predicted molar refractivity (Wildman–Crippen MR) is 247 cm³/mol. The van der Waals surface area contributed by atoms with E-state index in [-0.39, 0.29) is 0 Å². The molecule has 268 valence electrons. The Morgan fingerprint density at radius 2 is 1.02 bits per heavy atom. The maximum absolute atomic E-state index is 2.54. The Hall–Kier alpha value is -6.94. The van der Waals surface area contributed by atoms with Gasteiger partial charge in [-0.2, -0.15) is 0 Å². The third kappa shape index (κ3) is 5.02. The Kier molecular flexibility index (Phi) is 7.26. The summed E-state index contributed by atoms with van der Waals surface area (Å²) in [6, 6.07) is 67.1. The minimum absolute atomic E-state index is 0.944. The molecule has 0 saturated carbocycles. The number of para-hydroxylation sites is 2. The van der Waals surface area contributed by atoms with E-state index in [1.54, 1.807) is 0 Å². The van der Waals surface area contributed by atoms with Gasteiger partial charge in [-0.1, -0.05) is 152 Å². The minimum Gasteiger partial charge on any atom is -0.314 e. The van der Waals surface area contributed by atoms with Gasteiger partial charge in [-0.3, -0.25) is 0 Å². The minimum atomic E-state index is 0.944. The lowest BCUT2D eigenvalue weighted by Gasteiger charge is -2.31. The van der Waals surface area contributed by atoms with Gasteiger partial charge in [0.05, 0.1) is 22.4 Å². The Morgan fingerprint density at radius 1 is 0.439 bits per heavy atom. The molecule has 0 spiro atoms. The van der Waals surface area contributed by atoms with E-state index in [2.05, 4.69) is 204 Å². The van der Waals surface area contributed by atoms with Crippen molar-refractivity contribution in [3.05, 3.63) is 205 Å². The molecule has 2 nitrogen and oxygen atoms in total. The largest absolute Gasteiger partial charge is 0.314 e. The maximum Gasteiger partial charge on any atom is 0.0555 e. The fourth-order valence-electron chi connectivity index (χ4n) is 9.49. The van der Waals surface area contributed by atoms with Crippen LogP contribution in [0.4, 0.5) is 11.4 Å². The molecule has 1 aliphatic rings. The van der Waals surface area contributed by atoms with Crippen molar-refractivity contribution in [1.82, 2.24) is 4.57 Å². The molecule has 0 fully saturated rings. The van der Waals surface area contributed by atoms with Crippen molar-refractivity contribution in [1.29, 1.82) is 0 Å². The number of hydrogen-bond acceptors (Lipinski definition) is 2. The zero-order valence-electron chi connectivity index (χ0n) is 31.2. The monoisotopic (exact) mass is 744 g/mol. The van der Waals surface area contributed by atoms with Crippen LogP contribution in [0.3, 0.4) is 0 Å². The van der Waals surface area contributed by atoms with Crippen molar-refractivity contribution in [3.63, 3.8) is 0 Å². The molecule has 0 saturated heterocycles. The van der Waals surface area contributed by atoms with Crippen LogP contribution >= 0.6 is 11.3 Å². The molecule has 0 atom stereocenters. The number of rotatable bonds is 5. The van der Waals surface area contributed by atoms with E-state index in [1.165, 1.54) is 108 Å². The van der Waals surface area contributed by atoms with Crippen LogP contribution in [0.1, 0.15) is 18.4 Å². The van der Waals surface area contributed by atoms with Crippen molar-refractivity contribution in [2.45, 2.75) is 12.8 Å². The van der Waals surface area contributed by atoms with Gasteiger partial charge >= 0.3 is 0 Å². The number of thiophene rings is 1. The normalized spacial score (nSPS) is 13.3. The third-order valence-corrected chi connectivity index (χ3v) is 13.1. The average Bonchev–Trinajstić information content (AvgIpc) is 3.83. The van der Waals surface area contributed by atoms with Gasteiger partial charge in [0.15, 0.2) is 0 Å². The molecule has 0 radical (unpaired) electrons. The SMILES string of the molecule is C1=C(c2ccccc2)CCC(N(c2ccc3ccccc3c2)c2cc3sc4cc(-n5c6ccccc6c6ccccc65)c5ccccc5c4c3c3ccccc23)=C1. The molecule has 2 heterocycles. The Morgan fingerprint density at radius 3 is 1.72 bits per heavy atom. The van der Waals surface area contributed by atoms with E-state index in [1.807, 2.05) is 11.3 Å². The van der Waals surface area contributed by atoms with E-state index in [4.69, 9.17) is 0 Å². The quantitative estimate of drug-likeness (QED) is 0.170. The first-order chi connectivity index (χ1) is 28.3. The standard InChI is InChI=1S/C54H36N2S/c1-2-14-35(15-3-1)37-26-29-39(30-27-37)55(40-31-28-36-16-4-5-17-38(36)32-40)49-33-51-53(45-22-8-6-20-43(45)49)54-46-23-9-7-21-44(46)50(34-52(54)57-51)56-47-24-12-10-18-41(47)42-19-11-13-25-48(42)56/h1-26,28-29,31-34H,27,30H2. The summed E-state index contributed by atoms with van der Waals surface area (Å²) >= 11 is 1.92. The molecule has 12 rings (SSSR count). The van der Waals surface area contributed by atoms with Gasteiger partial charge in [0.2, 0.25) is 0 Å². The Labute approximate surface area is 334 Å². The topological polar surface area (TPSA) is 8.17 Å². The first kappa shape index (κ1) is 32.3. The second-order valence-electron chi connectivity index (χ2n) is 15.2. The molecule has 0 unspecified atom stereocenters. The predicted octanol–water partition coefficient (Wildman–Crippen LogP) is 15.5. The third-order valence-electron chi connectivity index (χ3n) is 12.1. The second kappa shape index (κ2) is 12.8. The summed E-state index contributed by atoms with van der Waals surface area (Å²) in [6.45, 7) is 0. The molecule has 11 aromatic rings. The van der Waals surface area contributed by atoms with Crippen LogP contribution in [0.2, 0.25) is 0 Å². The van der Waals surface area contributed by atoms with E-state index in [0.717, 1.165) is 12.8 Å². The van der Waals surface area contributed by atoms with Crippen LogP contribution in [0.25, 0.3) is 85.6 Å². The molecule has 0 amide bonds. The number of allylic oxidation sites excluding steroid dienone is 4. The maximum atomic E-state index is 2.54. The van der Waals surface area contributed by atoms with Crippen LogP contribution in [-0.4, -0.2) is 4.57 Å². The molecule has 0 bridgehead atoms. The number of fused-ring (bicyclic) bond motifs is 11. The van der Waals surface area contributed by atoms with Gasteiger partial charge in [-0.15, -0.1) is 11.3 Å². The highest BCUT2D eigenvalue weighted by atomic mass is 32.1. The number of anilines is 2. The van der Waals surface area contributed by atoms with Gasteiger partial charge < -0.3 is 9.47 Å². The fourth-order valence-corrected chi connectivity index (χ4v) is 10.7. The second-order valence-corrected chi connectivity index (χ2v) is 16.3. The van der Waals surface area contributed by atoms with E-state index in [0.29, 0.717) is 0 Å². The molecular formula is C54H36N2S. The highest BCUT2D eigenvalue weighted by molar-refractivity contribution is 7.26. The molecule has 0 aliphatic heterocycles. The fraction of sp³-hybridized carbons (Fsp3) is 0.0370. The zero-order chi connectivity index (χ0) is 37.5. The number of benzene rings is 9. The van der Waals surface area contributed by atoms with Gasteiger partial charge in [-0.25, -0.2) is 0 Å². The van der Waals surface area contributed by atoms with Crippen LogP contribution in [0.5, 0.6) is 0 Å². The van der Waals surface area contributed by atoms with Crippen molar-refractivity contribution in [3.8, 4) is 5.69 Å². The van der Waals surface area contributed by atoms with Crippen LogP contribution in [-0.2, 0) is 0 Å². The summed E-state index contributed by atoms with van der Waals surface area (Å²) in [4.78, 5) is 2.54. The van der Waals surface area contributed by atoms with E-state index >= 15 is 0 Å². The van der Waals surface area contributed by atoms with E-state index < -0.39 is 0 Å². The number of nitrogens with zero attached hydrogens (tertiary/aromatic N) is 2. The summed E-state index contributed by atoms with van der Waals surface area (Å²) in [7, 11) is 0. The van der Waals surface area contributed by atoms with Crippen molar-refractivity contribution < 1.29 is 0 Å². The summed E-state index contributed by atoms with van der Waals surface area (Å²) in [5.41, 5.74) is 10.1. The van der Waals surface area contributed by atoms with Crippen LogP contribution in [0.15, 0.2) is 200 Å². The summed E-state index contributed by atoms with van der Waals surface area (Å²) in [5, 5.41) is 12.8. The lowest BCUT2D eigenvalue weighted by Crippen LogP contribution is -2.18. The average molecular weight is 745 g/mol. The van der Waals surface area contributed by atoms with Crippen LogP contribution < -0.4 is 4.90 Å². The first-order valence-electron chi connectivity index (χ1n) is 19.8. The van der Waals surface area contributed by atoms with Crippen molar-refractivity contribution in [2.24, 2.45) is 0 Å². The van der Waals surface area contributed by atoms with Gasteiger partial charge in [-0.05, 0) is 88.0 Å². The highest BCUT2D eigenvalue weighted by Crippen LogP contribution is 2.49. The van der Waals surface area contributed by atoms with Crippen LogP contribution in [0, 0.1) is 0 Å². The highest BCUT2D eigenvalue weighted by Gasteiger charge is 2.24. The van der Waals surface area contributed by atoms with Gasteiger partial charge in [0, 0.05) is 53.1 Å². The molecule has 1 aliphatic carbocycles. The van der Waals surface area contributed by atoms with Crippen molar-refractivity contribution >= 4 is 103 Å². The lowest BCUT2D eigenvalue weighted by molar-refractivity contribution is 0.932. The molecular weight excluding hydrogens is 709 g/mol. The smallest absolute Gasteiger partial charge is 0.0555 e. The van der Waals surface area contributed by atoms with Gasteiger partial charge in [0.1, 0.15) is 0 Å². The molecule has 9 aromatic carbocycles. The van der Waals surface area contributed by atoms with Gasteiger partial charge in [0.25, 0.3) is 0 Å². The molecule has 57 heavy (non-hydrogen) atoms. The lowest BCUT2D eigenvalue weighted by atomic mass is 9.94. The van der Waals surface area contributed by atoms with E-state index in [9.17, 15) is 0 Å². The van der Waals surface area contributed by atoms with Crippen molar-refractivity contribution in [2.75, 3.05) is 4.90 Å². The Balaban J connectivity index is 1.14.